The third kappa shape index (κ3) is 6.59. The number of fused-ring (bicyclic) bond motifs is 5. The van der Waals surface area contributed by atoms with Crippen molar-refractivity contribution in [2.75, 3.05) is 0 Å². The molecule has 2 aliphatic carbocycles. The standard InChI is InChI=1S/C21H14.C21H25.C5H5.2ClH.Zr/c1-3-7-20-14-16(9-11-18(20)5-1)13-17-10-12-19-6-2-4-8-21(19)15-17;1-20(2,3)16-7-9-18-14(12-16)11-15-13-17(21(4,5)6)8-10-19(15)18;1-2-4-5-3-1;;;/h1-12,14-15H;7-10,12H,11H2,1-6H3;1-5H;2*1H;/q;;;;;+2/p-2. The zero-order valence-electron chi connectivity index (χ0n) is 29.8. The van der Waals surface area contributed by atoms with Gasteiger partial charge in [-0.15, -0.1) is 0 Å². The minimum Gasteiger partial charge on any atom is -1.00 e. The summed E-state index contributed by atoms with van der Waals surface area (Å²) in [5.41, 5.74) is 11.8. The summed E-state index contributed by atoms with van der Waals surface area (Å²) in [6.07, 6.45) is 10.6. The molecule has 250 valence electrons. The fourth-order valence-electron chi connectivity index (χ4n) is 7.93. The molecule has 0 heterocycles. The number of hydrogen-bond acceptors (Lipinski definition) is 0. The van der Waals surface area contributed by atoms with Crippen molar-refractivity contribution in [3.63, 3.8) is 0 Å². The number of hydrogen-bond donors (Lipinski definition) is 0. The molecule has 0 aliphatic heterocycles. The zero-order chi connectivity index (χ0) is 33.2. The Labute approximate surface area is 318 Å². The Hall–Kier alpha value is -3.35. The van der Waals surface area contributed by atoms with Crippen LogP contribution in [-0.2, 0) is 38.5 Å². The van der Waals surface area contributed by atoms with Crippen LogP contribution in [0.3, 0.4) is 0 Å². The molecule has 0 saturated carbocycles. The molecule has 2 aliphatic rings. The van der Waals surface area contributed by atoms with Gasteiger partial charge < -0.3 is 24.8 Å². The molecule has 0 bridgehead atoms. The van der Waals surface area contributed by atoms with E-state index in [-0.39, 0.29) is 35.6 Å². The second-order valence-electron chi connectivity index (χ2n) is 15.8. The molecule has 0 fully saturated rings. The molecular weight excluding hydrogens is 727 g/mol. The van der Waals surface area contributed by atoms with Crippen molar-refractivity contribution in [2.24, 2.45) is 0 Å². The van der Waals surface area contributed by atoms with E-state index in [1.165, 1.54) is 60.5 Å². The van der Waals surface area contributed by atoms with Gasteiger partial charge in [0.05, 0.1) is 0 Å². The molecule has 0 nitrogen and oxygen atoms in total. The van der Waals surface area contributed by atoms with Gasteiger partial charge >= 0.3 is 296 Å². The summed E-state index contributed by atoms with van der Waals surface area (Å²) in [6.45, 7) is 14.3. The van der Waals surface area contributed by atoms with Crippen molar-refractivity contribution in [3.8, 4) is 11.1 Å². The minimum absolute atomic E-state index is 0. The second kappa shape index (κ2) is 14.0. The van der Waals surface area contributed by atoms with Crippen molar-refractivity contribution in [1.82, 2.24) is 0 Å². The maximum Gasteiger partial charge on any atom is -1.00 e. The average molecular weight is 771 g/mol. The molecule has 50 heavy (non-hydrogen) atoms. The summed E-state index contributed by atoms with van der Waals surface area (Å²) in [5, 5.41) is 5.21. The van der Waals surface area contributed by atoms with E-state index in [0.717, 1.165) is 6.42 Å². The van der Waals surface area contributed by atoms with Crippen molar-refractivity contribution in [1.29, 1.82) is 0 Å². The molecule has 0 saturated heterocycles. The molecule has 0 atom stereocenters. The van der Waals surface area contributed by atoms with Crippen molar-refractivity contribution in [3.05, 3.63) is 173 Å². The van der Waals surface area contributed by atoms with Crippen LogP contribution in [-0.4, -0.2) is 3.21 Å². The zero-order valence-corrected chi connectivity index (χ0v) is 33.8. The van der Waals surface area contributed by atoms with Gasteiger partial charge in [-0.05, 0) is 0 Å². The fraction of sp³-hybridized carbons (Fsp3) is 0.213. The van der Waals surface area contributed by atoms with E-state index in [9.17, 15) is 0 Å². The van der Waals surface area contributed by atoms with Gasteiger partial charge in [0.1, 0.15) is 0 Å². The van der Waals surface area contributed by atoms with Gasteiger partial charge in [-0.3, -0.25) is 0 Å². The summed E-state index contributed by atoms with van der Waals surface area (Å²) in [7, 11) is 0. The molecule has 6 aromatic rings. The van der Waals surface area contributed by atoms with Crippen LogP contribution < -0.4 is 28.1 Å². The molecule has 8 rings (SSSR count). The molecule has 0 aromatic heterocycles. The van der Waals surface area contributed by atoms with E-state index in [2.05, 4.69) is 181 Å². The number of benzene rings is 6. The summed E-state index contributed by atoms with van der Waals surface area (Å²) in [5.74, 6) is 0. The first-order chi connectivity index (χ1) is 23.1. The first kappa shape index (κ1) is 36.4. The van der Waals surface area contributed by atoms with Crippen LogP contribution in [0.1, 0.15) is 74.9 Å². The van der Waals surface area contributed by atoms with Gasteiger partial charge in [0.15, 0.2) is 0 Å². The van der Waals surface area contributed by atoms with Gasteiger partial charge in [-0.2, -0.15) is 0 Å². The van der Waals surface area contributed by atoms with Crippen LogP contribution >= 0.6 is 0 Å². The first-order valence-corrected chi connectivity index (χ1v) is 21.3. The van der Waals surface area contributed by atoms with Gasteiger partial charge in [0, 0.05) is 0 Å². The monoisotopic (exact) mass is 768 g/mol. The Morgan fingerprint density at radius 1 is 0.560 bits per heavy atom. The van der Waals surface area contributed by atoms with Crippen LogP contribution in [0.5, 0.6) is 0 Å². The largest absolute Gasteiger partial charge is 1.00 e. The Bertz CT molecular complexity index is 2250. The van der Waals surface area contributed by atoms with Crippen molar-refractivity contribution >= 4 is 28.0 Å². The summed E-state index contributed by atoms with van der Waals surface area (Å²) < 4.78 is 3.73. The average Bonchev–Trinajstić information content (AvgIpc) is 3.74. The summed E-state index contributed by atoms with van der Waals surface area (Å²) in [6, 6.07) is 44.4. The Kier molecular flexibility index (Phi) is 10.2. The maximum absolute atomic E-state index is 2.87. The van der Waals surface area contributed by atoms with E-state index >= 15 is 0 Å². The van der Waals surface area contributed by atoms with E-state index in [1.807, 2.05) is 0 Å². The topological polar surface area (TPSA) is 0 Å². The molecule has 0 spiro atoms. The predicted octanol–water partition coefficient (Wildman–Crippen LogP) is 5.59. The maximum atomic E-state index is 2.52. The predicted molar refractivity (Wildman–Crippen MR) is 205 cm³/mol. The quantitative estimate of drug-likeness (QED) is 0.219. The molecule has 0 radical (unpaired) electrons. The SMILES string of the molecule is CC(C)(C)c1ccc2c(c1)Cc1c-2ccc(C(C)(C)C)[c]1[Zr+2](=[C](c1ccc2ccccc2c1)c1ccc2ccccc2c1)[CH]1C=CC=C1.[Cl-].[Cl-]. The number of halogens is 2. The summed E-state index contributed by atoms with van der Waals surface area (Å²) >= 11 is -2.87. The molecule has 0 amide bonds. The second-order valence-corrected chi connectivity index (χ2v) is 21.9. The normalized spacial score (nSPS) is 13.4. The van der Waals surface area contributed by atoms with E-state index < -0.39 is 21.3 Å². The molecule has 3 heteroatoms. The molecular formula is C47H44Cl2Zr. The molecule has 0 unspecified atom stereocenters. The van der Waals surface area contributed by atoms with E-state index in [4.69, 9.17) is 0 Å². The Balaban J connectivity index is 0.00000216. The number of rotatable bonds is 4. The van der Waals surface area contributed by atoms with Crippen molar-refractivity contribution in [2.45, 2.75) is 62.4 Å². The Morgan fingerprint density at radius 3 is 1.64 bits per heavy atom. The van der Waals surface area contributed by atoms with Gasteiger partial charge in [-0.25, -0.2) is 0 Å². The molecule has 0 N–H and O–H groups in total. The Morgan fingerprint density at radius 2 is 1.10 bits per heavy atom. The van der Waals surface area contributed by atoms with Gasteiger partial charge in [-0.1, -0.05) is 0 Å². The third-order valence-corrected chi connectivity index (χ3v) is 18.5. The summed E-state index contributed by atoms with van der Waals surface area (Å²) in [4.78, 5) is 0. The van der Waals surface area contributed by atoms with Crippen LogP contribution in [0.25, 0.3) is 32.7 Å². The van der Waals surface area contributed by atoms with E-state index in [1.54, 1.807) is 12.0 Å². The molecule has 6 aromatic carbocycles. The van der Waals surface area contributed by atoms with E-state index in [0.29, 0.717) is 3.63 Å². The van der Waals surface area contributed by atoms with Crippen LogP contribution in [0, 0.1) is 0 Å². The van der Waals surface area contributed by atoms with Crippen molar-refractivity contribution < 1.29 is 46.1 Å². The fourth-order valence-corrected chi connectivity index (χ4v) is 17.2. The van der Waals surface area contributed by atoms with Crippen LogP contribution in [0.4, 0.5) is 0 Å². The van der Waals surface area contributed by atoms with Crippen LogP contribution in [0.2, 0.25) is 3.63 Å². The van der Waals surface area contributed by atoms with Gasteiger partial charge in [0.2, 0.25) is 0 Å². The van der Waals surface area contributed by atoms with Gasteiger partial charge in [0.25, 0.3) is 0 Å². The third-order valence-electron chi connectivity index (χ3n) is 10.4. The van der Waals surface area contributed by atoms with Crippen LogP contribution in [0.15, 0.2) is 140 Å². The smallest absolute Gasteiger partial charge is 1.00 e. The number of allylic oxidation sites excluding steroid dienone is 4. The minimum atomic E-state index is -2.87. The first-order valence-electron chi connectivity index (χ1n) is 17.4.